The molecule has 1 saturated heterocycles. The lowest BCUT2D eigenvalue weighted by Gasteiger charge is -2.18. The highest BCUT2D eigenvalue weighted by atomic mass is 127. The number of imide groups is 1. The van der Waals surface area contributed by atoms with Gasteiger partial charge in [0.25, 0.3) is 0 Å². The largest absolute Gasteiger partial charge is 0.356 e. The van der Waals surface area contributed by atoms with E-state index in [1.54, 1.807) is 18.4 Å². The van der Waals surface area contributed by atoms with E-state index in [4.69, 9.17) is 0 Å². The van der Waals surface area contributed by atoms with Gasteiger partial charge in [0, 0.05) is 29.9 Å². The third-order valence-corrected chi connectivity index (χ3v) is 6.86. The van der Waals surface area contributed by atoms with Crippen LogP contribution in [-0.4, -0.2) is 42.8 Å². The molecule has 152 valence electrons. The minimum absolute atomic E-state index is 0. The molecule has 1 aliphatic heterocycles. The summed E-state index contributed by atoms with van der Waals surface area (Å²) < 4.78 is 0. The molecule has 3 aliphatic rings. The van der Waals surface area contributed by atoms with Crippen LogP contribution in [0, 0.1) is 30.6 Å². The van der Waals surface area contributed by atoms with E-state index in [0.717, 1.165) is 25.3 Å². The molecule has 2 bridgehead atoms. The second-order valence-electron chi connectivity index (χ2n) is 7.55. The van der Waals surface area contributed by atoms with Gasteiger partial charge in [-0.15, -0.1) is 35.3 Å². The first-order chi connectivity index (χ1) is 13.1. The fraction of sp³-hybridized carbons (Fsp3) is 0.550. The van der Waals surface area contributed by atoms with Crippen molar-refractivity contribution in [1.82, 2.24) is 15.5 Å². The minimum Gasteiger partial charge on any atom is -0.356 e. The number of fused-ring (bicyclic) bond motifs is 5. The molecule has 4 atom stereocenters. The summed E-state index contributed by atoms with van der Waals surface area (Å²) in [7, 11) is 1.74. The Morgan fingerprint density at radius 3 is 2.43 bits per heavy atom. The molecule has 2 heterocycles. The summed E-state index contributed by atoms with van der Waals surface area (Å²) in [4.78, 5) is 33.6. The lowest BCUT2D eigenvalue weighted by molar-refractivity contribution is -0.140. The lowest BCUT2D eigenvalue weighted by Crippen LogP contribution is -2.39. The van der Waals surface area contributed by atoms with Gasteiger partial charge in [0.2, 0.25) is 11.8 Å². The van der Waals surface area contributed by atoms with Crippen LogP contribution in [0.5, 0.6) is 0 Å². The molecule has 1 aromatic rings. The number of carbonyl (C=O) groups is 2. The number of aliphatic imine (C=N–C) groups is 1. The first kappa shape index (κ1) is 21.3. The molecule has 6 nitrogen and oxygen atoms in total. The highest BCUT2D eigenvalue weighted by Gasteiger charge is 2.58. The molecule has 0 aromatic carbocycles. The van der Waals surface area contributed by atoms with Gasteiger partial charge < -0.3 is 10.6 Å². The second-order valence-corrected chi connectivity index (χ2v) is 8.92. The van der Waals surface area contributed by atoms with Gasteiger partial charge in [0.15, 0.2) is 5.96 Å². The molecule has 28 heavy (non-hydrogen) atoms. The van der Waals surface area contributed by atoms with Crippen molar-refractivity contribution in [2.24, 2.45) is 28.7 Å². The summed E-state index contributed by atoms with van der Waals surface area (Å²) >= 11 is 1.77. The molecule has 2 fully saturated rings. The molecular formula is C20H27IN4O2S. The predicted molar refractivity (Wildman–Crippen MR) is 122 cm³/mol. The van der Waals surface area contributed by atoms with Gasteiger partial charge in [-0.2, -0.15) is 0 Å². The number of likely N-dealkylation sites (tertiary alicyclic amines) is 1. The summed E-state index contributed by atoms with van der Waals surface area (Å²) in [5.74, 6) is 1.19. The van der Waals surface area contributed by atoms with Crippen LogP contribution in [0.3, 0.4) is 0 Å². The number of hydrogen-bond donors (Lipinski definition) is 2. The lowest BCUT2D eigenvalue weighted by atomic mass is 9.85. The van der Waals surface area contributed by atoms with Gasteiger partial charge in [-0.1, -0.05) is 12.2 Å². The third-order valence-electron chi connectivity index (χ3n) is 5.86. The maximum atomic E-state index is 12.6. The smallest absolute Gasteiger partial charge is 0.233 e. The zero-order chi connectivity index (χ0) is 19.0. The van der Waals surface area contributed by atoms with Gasteiger partial charge >= 0.3 is 0 Å². The third kappa shape index (κ3) is 3.98. The van der Waals surface area contributed by atoms with E-state index in [1.807, 2.05) is 0 Å². The van der Waals surface area contributed by atoms with Crippen LogP contribution in [-0.2, 0) is 16.1 Å². The number of guanidine groups is 1. The van der Waals surface area contributed by atoms with Crippen LogP contribution in [0.2, 0.25) is 0 Å². The first-order valence-corrected chi connectivity index (χ1v) is 10.4. The molecule has 0 spiro atoms. The maximum Gasteiger partial charge on any atom is 0.233 e. The number of rotatable bonds is 6. The molecule has 2 aliphatic carbocycles. The fourth-order valence-corrected chi connectivity index (χ4v) is 5.43. The Bertz CT molecular complexity index is 776. The highest BCUT2D eigenvalue weighted by molar-refractivity contribution is 14.0. The maximum absolute atomic E-state index is 12.6. The Morgan fingerprint density at radius 2 is 1.86 bits per heavy atom. The molecule has 2 N–H and O–H groups in total. The molecular weight excluding hydrogens is 487 g/mol. The van der Waals surface area contributed by atoms with Crippen LogP contribution < -0.4 is 10.6 Å². The van der Waals surface area contributed by atoms with Crippen LogP contribution >= 0.6 is 35.3 Å². The number of carbonyl (C=O) groups excluding carboxylic acids is 2. The Balaban J connectivity index is 0.00000225. The van der Waals surface area contributed by atoms with Crippen LogP contribution in [0.15, 0.2) is 29.3 Å². The molecule has 0 radical (unpaired) electrons. The van der Waals surface area contributed by atoms with Crippen molar-refractivity contribution in [3.8, 4) is 0 Å². The number of allylic oxidation sites excluding steroid dienone is 2. The van der Waals surface area contributed by atoms with Gasteiger partial charge in [-0.25, -0.2) is 0 Å². The summed E-state index contributed by atoms with van der Waals surface area (Å²) in [6.45, 7) is 3.98. The van der Waals surface area contributed by atoms with Crippen molar-refractivity contribution in [3.05, 3.63) is 34.0 Å². The quantitative estimate of drug-likeness (QED) is 0.153. The highest BCUT2D eigenvalue weighted by Crippen LogP contribution is 2.52. The molecule has 4 rings (SSSR count). The number of thiophene rings is 1. The average molecular weight is 514 g/mol. The molecule has 2 amide bonds. The second kappa shape index (κ2) is 8.94. The van der Waals surface area contributed by atoms with Gasteiger partial charge in [-0.3, -0.25) is 19.5 Å². The van der Waals surface area contributed by atoms with E-state index in [9.17, 15) is 9.59 Å². The summed E-state index contributed by atoms with van der Waals surface area (Å²) in [5, 5.41) is 6.55. The average Bonchev–Trinajstić information content (AvgIpc) is 3.42. The van der Waals surface area contributed by atoms with E-state index in [-0.39, 0.29) is 59.5 Å². The molecule has 1 saturated carbocycles. The predicted octanol–water partition coefficient (Wildman–Crippen LogP) is 2.54. The van der Waals surface area contributed by atoms with Gasteiger partial charge in [0.05, 0.1) is 18.4 Å². The van der Waals surface area contributed by atoms with Crippen LogP contribution in [0.1, 0.15) is 22.6 Å². The van der Waals surface area contributed by atoms with E-state index in [2.05, 4.69) is 46.8 Å². The van der Waals surface area contributed by atoms with Crippen molar-refractivity contribution >= 4 is 53.1 Å². The van der Waals surface area contributed by atoms with E-state index in [1.165, 1.54) is 14.7 Å². The first-order valence-electron chi connectivity index (χ1n) is 9.62. The number of amides is 2. The van der Waals surface area contributed by atoms with Crippen LogP contribution in [0.4, 0.5) is 0 Å². The van der Waals surface area contributed by atoms with Gasteiger partial charge in [0.1, 0.15) is 0 Å². The van der Waals surface area contributed by atoms with Crippen LogP contribution in [0.25, 0.3) is 0 Å². The number of nitrogens with one attached hydrogen (secondary N) is 2. The summed E-state index contributed by atoms with van der Waals surface area (Å²) in [6, 6.07) is 4.22. The number of hydrogen-bond acceptors (Lipinski definition) is 4. The van der Waals surface area contributed by atoms with E-state index in [0.29, 0.717) is 13.1 Å². The Morgan fingerprint density at radius 1 is 1.18 bits per heavy atom. The van der Waals surface area contributed by atoms with Gasteiger partial charge in [-0.05, 0) is 43.7 Å². The Hall–Kier alpha value is -1.42. The van der Waals surface area contributed by atoms with E-state index >= 15 is 0 Å². The minimum atomic E-state index is -0.0934. The fourth-order valence-electron chi connectivity index (χ4n) is 4.60. The summed E-state index contributed by atoms with van der Waals surface area (Å²) in [6.07, 6.45) is 5.96. The van der Waals surface area contributed by atoms with Crippen molar-refractivity contribution in [1.29, 1.82) is 0 Å². The SMILES string of the molecule is CN=C(NCCCN1C(=O)C2C3C=CC(C3)C2C1=O)NCc1ccc(C)s1.I. The molecule has 8 heteroatoms. The van der Waals surface area contributed by atoms with E-state index < -0.39 is 0 Å². The standard InChI is InChI=1S/C20H26N4O2S.HI/c1-12-4-7-15(27-12)11-23-20(21-2)22-8-3-9-24-18(25)16-13-5-6-14(10-13)17(16)19(24)26;/h4-7,13-14,16-17H,3,8-11H2,1-2H3,(H2,21,22,23);1H. The number of aryl methyl sites for hydroxylation is 1. The summed E-state index contributed by atoms with van der Waals surface area (Å²) in [5.41, 5.74) is 0. The van der Waals surface area contributed by atoms with Crippen molar-refractivity contribution in [2.45, 2.75) is 26.3 Å². The normalized spacial score (nSPS) is 27.9. The monoisotopic (exact) mass is 514 g/mol. The number of nitrogens with zero attached hydrogens (tertiary/aromatic N) is 2. The van der Waals surface area contributed by atoms with Crippen molar-refractivity contribution < 1.29 is 9.59 Å². The molecule has 1 aromatic heterocycles. The molecule has 4 unspecified atom stereocenters. The zero-order valence-corrected chi connectivity index (χ0v) is 19.3. The number of halogens is 1. The zero-order valence-electron chi connectivity index (χ0n) is 16.2. The Kier molecular flexibility index (Phi) is 6.80. The Labute approximate surface area is 186 Å². The van der Waals surface area contributed by atoms with Crippen molar-refractivity contribution in [3.63, 3.8) is 0 Å². The topological polar surface area (TPSA) is 73.8 Å². The van der Waals surface area contributed by atoms with Crippen molar-refractivity contribution in [2.75, 3.05) is 20.1 Å².